The maximum atomic E-state index is 12.1. The second-order valence-corrected chi connectivity index (χ2v) is 6.42. The molecule has 0 radical (unpaired) electrons. The van der Waals surface area contributed by atoms with Crippen molar-refractivity contribution in [1.29, 1.82) is 0 Å². The van der Waals surface area contributed by atoms with Crippen LogP contribution in [0, 0.1) is 11.3 Å². The lowest BCUT2D eigenvalue weighted by atomic mass is 9.78. The smallest absolute Gasteiger partial charge is 0.136 e. The van der Waals surface area contributed by atoms with E-state index in [9.17, 15) is 4.79 Å². The second-order valence-electron chi connectivity index (χ2n) is 6.42. The number of carbonyl (C=O) groups is 1. The fourth-order valence-corrected chi connectivity index (χ4v) is 3.18. The summed E-state index contributed by atoms with van der Waals surface area (Å²) in [5.41, 5.74) is 0.277. The average Bonchev–Trinajstić information content (AvgIpc) is 2.63. The van der Waals surface area contributed by atoms with Gasteiger partial charge in [-0.3, -0.25) is 4.79 Å². The van der Waals surface area contributed by atoms with Gasteiger partial charge in [-0.25, -0.2) is 0 Å². The normalized spacial score (nSPS) is 22.9. The zero-order valence-electron chi connectivity index (χ0n) is 12.1. The molecule has 0 aromatic carbocycles. The van der Waals surface area contributed by atoms with Crippen LogP contribution in [0.15, 0.2) is 0 Å². The molecule has 1 saturated carbocycles. The SMILES string of the molecule is CCCCCCCCC(=O)C1CCCC1(C)C. The van der Waals surface area contributed by atoms with Crippen LogP contribution in [-0.4, -0.2) is 5.78 Å². The Labute approximate surface area is 107 Å². The van der Waals surface area contributed by atoms with Crippen LogP contribution in [0.1, 0.15) is 85.0 Å². The first-order valence-corrected chi connectivity index (χ1v) is 7.60. The molecule has 0 heterocycles. The third kappa shape index (κ3) is 4.81. The highest BCUT2D eigenvalue weighted by atomic mass is 16.1. The first kappa shape index (κ1) is 14.7. The van der Waals surface area contributed by atoms with E-state index in [1.165, 1.54) is 44.9 Å². The summed E-state index contributed by atoms with van der Waals surface area (Å²) in [7, 11) is 0. The lowest BCUT2D eigenvalue weighted by Crippen LogP contribution is -2.25. The van der Waals surface area contributed by atoms with E-state index >= 15 is 0 Å². The van der Waals surface area contributed by atoms with Crippen molar-refractivity contribution in [1.82, 2.24) is 0 Å². The lowest BCUT2D eigenvalue weighted by molar-refractivity contribution is -0.125. The van der Waals surface area contributed by atoms with Gasteiger partial charge in [0.25, 0.3) is 0 Å². The van der Waals surface area contributed by atoms with Crippen molar-refractivity contribution in [3.63, 3.8) is 0 Å². The minimum Gasteiger partial charge on any atom is -0.299 e. The van der Waals surface area contributed by atoms with Gasteiger partial charge in [-0.2, -0.15) is 0 Å². The van der Waals surface area contributed by atoms with Gasteiger partial charge in [0.2, 0.25) is 0 Å². The van der Waals surface area contributed by atoms with Crippen LogP contribution in [0.4, 0.5) is 0 Å². The molecule has 1 fully saturated rings. The number of carbonyl (C=O) groups excluding carboxylic acids is 1. The molecule has 0 aromatic rings. The first-order chi connectivity index (χ1) is 8.08. The van der Waals surface area contributed by atoms with E-state index < -0.39 is 0 Å². The highest BCUT2D eigenvalue weighted by Gasteiger charge is 2.38. The molecule has 0 spiro atoms. The molecule has 1 unspecified atom stereocenters. The molecule has 100 valence electrons. The Hall–Kier alpha value is -0.330. The number of rotatable bonds is 8. The van der Waals surface area contributed by atoms with E-state index in [2.05, 4.69) is 20.8 Å². The van der Waals surface area contributed by atoms with Gasteiger partial charge in [-0.05, 0) is 24.7 Å². The summed E-state index contributed by atoms with van der Waals surface area (Å²) in [6.07, 6.45) is 12.1. The standard InChI is InChI=1S/C16H30O/c1-4-5-6-7-8-9-12-15(17)14-11-10-13-16(14,2)3/h14H,4-13H2,1-3H3. The maximum Gasteiger partial charge on any atom is 0.136 e. The van der Waals surface area contributed by atoms with E-state index in [0.29, 0.717) is 11.7 Å². The van der Waals surface area contributed by atoms with Gasteiger partial charge in [-0.15, -0.1) is 0 Å². The van der Waals surface area contributed by atoms with Crippen LogP contribution in [0.2, 0.25) is 0 Å². The van der Waals surface area contributed by atoms with Crippen molar-refractivity contribution in [2.24, 2.45) is 11.3 Å². The van der Waals surface area contributed by atoms with Crippen LogP contribution < -0.4 is 0 Å². The van der Waals surface area contributed by atoms with E-state index in [-0.39, 0.29) is 5.41 Å². The maximum absolute atomic E-state index is 12.1. The van der Waals surface area contributed by atoms with Crippen molar-refractivity contribution in [3.8, 4) is 0 Å². The van der Waals surface area contributed by atoms with Gasteiger partial charge < -0.3 is 0 Å². The predicted octanol–water partition coefficient (Wildman–Crippen LogP) is 5.13. The number of Topliss-reactive ketones (excluding diaryl/α,β-unsaturated/α-hetero) is 1. The summed E-state index contributed by atoms with van der Waals surface area (Å²) in [5, 5.41) is 0. The topological polar surface area (TPSA) is 17.1 Å². The summed E-state index contributed by atoms with van der Waals surface area (Å²) in [4.78, 5) is 12.1. The largest absolute Gasteiger partial charge is 0.299 e. The lowest BCUT2D eigenvalue weighted by Gasteiger charge is -2.25. The molecule has 1 aliphatic carbocycles. The van der Waals surface area contributed by atoms with Crippen LogP contribution >= 0.6 is 0 Å². The first-order valence-electron chi connectivity index (χ1n) is 7.60. The fourth-order valence-electron chi connectivity index (χ4n) is 3.18. The number of hydrogen-bond donors (Lipinski definition) is 0. The van der Waals surface area contributed by atoms with Gasteiger partial charge in [0.1, 0.15) is 5.78 Å². The zero-order chi connectivity index (χ0) is 12.7. The summed E-state index contributed by atoms with van der Waals surface area (Å²) >= 11 is 0. The van der Waals surface area contributed by atoms with Crippen molar-refractivity contribution < 1.29 is 4.79 Å². The van der Waals surface area contributed by atoms with Gasteiger partial charge in [0, 0.05) is 12.3 Å². The Morgan fingerprint density at radius 1 is 1.12 bits per heavy atom. The molecule has 0 aliphatic heterocycles. The number of unbranched alkanes of at least 4 members (excludes halogenated alkanes) is 5. The van der Waals surface area contributed by atoms with Gasteiger partial charge >= 0.3 is 0 Å². The van der Waals surface area contributed by atoms with Gasteiger partial charge in [-0.1, -0.05) is 59.3 Å². The minimum absolute atomic E-state index is 0.277. The molecule has 1 heteroatoms. The highest BCUT2D eigenvalue weighted by molar-refractivity contribution is 5.82. The Kier molecular flexibility index (Phi) is 6.22. The van der Waals surface area contributed by atoms with Crippen molar-refractivity contribution in [3.05, 3.63) is 0 Å². The van der Waals surface area contributed by atoms with E-state index in [1.807, 2.05) is 0 Å². The van der Waals surface area contributed by atoms with Crippen molar-refractivity contribution in [2.45, 2.75) is 85.0 Å². The molecule has 0 bridgehead atoms. The Morgan fingerprint density at radius 2 is 1.76 bits per heavy atom. The molecular formula is C16H30O. The van der Waals surface area contributed by atoms with Crippen LogP contribution in [0.5, 0.6) is 0 Å². The average molecular weight is 238 g/mol. The highest BCUT2D eigenvalue weighted by Crippen LogP contribution is 2.43. The molecule has 0 amide bonds. The molecular weight excluding hydrogens is 208 g/mol. The van der Waals surface area contributed by atoms with Gasteiger partial charge in [0.15, 0.2) is 0 Å². The zero-order valence-corrected chi connectivity index (χ0v) is 12.1. The predicted molar refractivity (Wildman–Crippen MR) is 74.1 cm³/mol. The molecule has 0 aromatic heterocycles. The minimum atomic E-state index is 0.277. The molecule has 0 saturated heterocycles. The second kappa shape index (κ2) is 7.18. The third-order valence-corrected chi connectivity index (χ3v) is 4.42. The third-order valence-electron chi connectivity index (χ3n) is 4.42. The molecule has 17 heavy (non-hydrogen) atoms. The summed E-state index contributed by atoms with van der Waals surface area (Å²) in [6.45, 7) is 6.78. The van der Waals surface area contributed by atoms with E-state index in [4.69, 9.17) is 0 Å². The van der Waals surface area contributed by atoms with Crippen LogP contribution in [0.3, 0.4) is 0 Å². The number of hydrogen-bond acceptors (Lipinski definition) is 1. The van der Waals surface area contributed by atoms with Crippen LogP contribution in [0.25, 0.3) is 0 Å². The van der Waals surface area contributed by atoms with Gasteiger partial charge in [0.05, 0.1) is 0 Å². The summed E-state index contributed by atoms with van der Waals surface area (Å²) in [5.74, 6) is 0.904. The number of ketones is 1. The molecule has 1 rings (SSSR count). The molecule has 1 nitrogen and oxygen atoms in total. The molecule has 1 aliphatic rings. The monoisotopic (exact) mass is 238 g/mol. The van der Waals surface area contributed by atoms with Crippen molar-refractivity contribution >= 4 is 5.78 Å². The van der Waals surface area contributed by atoms with Crippen LogP contribution in [-0.2, 0) is 4.79 Å². The molecule has 0 N–H and O–H groups in total. The fraction of sp³-hybridized carbons (Fsp3) is 0.938. The Bertz CT molecular complexity index is 230. The van der Waals surface area contributed by atoms with E-state index in [1.54, 1.807) is 0 Å². The van der Waals surface area contributed by atoms with Crippen molar-refractivity contribution in [2.75, 3.05) is 0 Å². The quantitative estimate of drug-likeness (QED) is 0.536. The van der Waals surface area contributed by atoms with E-state index in [0.717, 1.165) is 19.3 Å². The Balaban J connectivity index is 2.13. The molecule has 1 atom stereocenters. The summed E-state index contributed by atoms with van der Waals surface area (Å²) in [6, 6.07) is 0. The summed E-state index contributed by atoms with van der Waals surface area (Å²) < 4.78 is 0. The Morgan fingerprint density at radius 3 is 2.35 bits per heavy atom.